The fraction of sp³-hybridized carbons (Fsp3) is 0.600. The van der Waals surface area contributed by atoms with Crippen molar-refractivity contribution in [1.82, 2.24) is 0 Å². The summed E-state index contributed by atoms with van der Waals surface area (Å²) < 4.78 is 6.08. The second kappa shape index (κ2) is 5.45. The molecule has 17 heavy (non-hydrogen) atoms. The van der Waals surface area contributed by atoms with E-state index in [2.05, 4.69) is 44.2 Å². The second-order valence-corrected chi connectivity index (χ2v) is 8.09. The standard InChI is InChI=1S/C15H23OS/c1-15(2,17-11-7-8-12-17)14(16-3)13-9-5-4-6-10-13/h4-6,9-10,14H,7-8,11-12H2,1-3H3/q+1. The predicted molar refractivity (Wildman–Crippen MR) is 76.6 cm³/mol. The van der Waals surface area contributed by atoms with Crippen LogP contribution in [-0.4, -0.2) is 23.4 Å². The topological polar surface area (TPSA) is 9.23 Å². The highest BCUT2D eigenvalue weighted by Gasteiger charge is 2.47. The molecule has 1 saturated heterocycles. The molecule has 1 aliphatic rings. The smallest absolute Gasteiger partial charge is 0.152 e. The number of methoxy groups -OCH3 is 1. The third kappa shape index (κ3) is 2.69. The van der Waals surface area contributed by atoms with E-state index in [9.17, 15) is 0 Å². The molecule has 1 aromatic carbocycles. The Kier molecular flexibility index (Phi) is 4.16. The summed E-state index contributed by atoms with van der Waals surface area (Å²) >= 11 is 0. The first-order valence-electron chi connectivity index (χ1n) is 6.41. The van der Waals surface area contributed by atoms with Crippen LogP contribution in [0.2, 0.25) is 0 Å². The summed E-state index contributed by atoms with van der Waals surface area (Å²) in [5, 5.41) is 0. The molecule has 0 N–H and O–H groups in total. The van der Waals surface area contributed by atoms with Crippen molar-refractivity contribution in [2.75, 3.05) is 18.6 Å². The lowest BCUT2D eigenvalue weighted by molar-refractivity contribution is 0.0771. The van der Waals surface area contributed by atoms with Gasteiger partial charge in [-0.1, -0.05) is 30.3 Å². The summed E-state index contributed by atoms with van der Waals surface area (Å²) in [5.74, 6) is 2.78. The molecule has 1 fully saturated rings. The van der Waals surface area contributed by atoms with Gasteiger partial charge in [0.05, 0.1) is 0 Å². The van der Waals surface area contributed by atoms with Gasteiger partial charge >= 0.3 is 0 Å². The maximum atomic E-state index is 5.82. The van der Waals surface area contributed by atoms with E-state index in [0.717, 1.165) is 0 Å². The molecule has 1 aliphatic heterocycles. The molecule has 0 saturated carbocycles. The van der Waals surface area contributed by atoms with Crippen molar-refractivity contribution in [2.45, 2.75) is 37.5 Å². The van der Waals surface area contributed by atoms with E-state index in [4.69, 9.17) is 4.74 Å². The number of rotatable bonds is 4. The molecule has 1 unspecified atom stereocenters. The maximum absolute atomic E-state index is 5.82. The number of benzene rings is 1. The Labute approximate surface area is 108 Å². The molecule has 2 heteroatoms. The van der Waals surface area contributed by atoms with E-state index < -0.39 is 0 Å². The largest absolute Gasteiger partial charge is 0.371 e. The minimum absolute atomic E-state index is 0.227. The molecule has 1 aromatic rings. The zero-order valence-corrected chi connectivity index (χ0v) is 11.9. The number of hydrogen-bond donors (Lipinski definition) is 0. The van der Waals surface area contributed by atoms with Gasteiger partial charge in [0.2, 0.25) is 0 Å². The average molecular weight is 251 g/mol. The lowest BCUT2D eigenvalue weighted by atomic mass is 9.98. The summed E-state index contributed by atoms with van der Waals surface area (Å²) in [4.78, 5) is 0. The van der Waals surface area contributed by atoms with Crippen LogP contribution in [0.1, 0.15) is 38.4 Å². The van der Waals surface area contributed by atoms with Crippen molar-refractivity contribution < 1.29 is 4.74 Å². The van der Waals surface area contributed by atoms with Gasteiger partial charge in [-0.05, 0) is 43.1 Å². The summed E-state index contributed by atoms with van der Waals surface area (Å²) in [6.07, 6.45) is 3.03. The van der Waals surface area contributed by atoms with Crippen molar-refractivity contribution in [3.63, 3.8) is 0 Å². The molecule has 0 bridgehead atoms. The van der Waals surface area contributed by atoms with E-state index in [1.807, 2.05) is 7.11 Å². The van der Waals surface area contributed by atoms with E-state index >= 15 is 0 Å². The SMILES string of the molecule is COC(c1ccccc1)C(C)(C)[S+]1CCCC1. The number of hydrogen-bond acceptors (Lipinski definition) is 1. The van der Waals surface area contributed by atoms with Gasteiger partial charge in [0.15, 0.2) is 4.75 Å². The van der Waals surface area contributed by atoms with Gasteiger partial charge in [-0.15, -0.1) is 0 Å². The molecule has 1 atom stereocenters. The minimum Gasteiger partial charge on any atom is -0.371 e. The molecule has 94 valence electrons. The molecule has 0 spiro atoms. The van der Waals surface area contributed by atoms with Crippen LogP contribution in [0, 0.1) is 0 Å². The van der Waals surface area contributed by atoms with Crippen molar-refractivity contribution in [2.24, 2.45) is 0 Å². The zero-order chi connectivity index (χ0) is 12.3. The van der Waals surface area contributed by atoms with Gasteiger partial charge in [0.1, 0.15) is 17.6 Å². The van der Waals surface area contributed by atoms with Crippen molar-refractivity contribution in [3.05, 3.63) is 35.9 Å². The van der Waals surface area contributed by atoms with Crippen LogP contribution < -0.4 is 0 Å². The lowest BCUT2D eigenvalue weighted by Crippen LogP contribution is -2.40. The van der Waals surface area contributed by atoms with E-state index in [0.29, 0.717) is 10.9 Å². The summed E-state index contributed by atoms with van der Waals surface area (Å²) in [5.41, 5.74) is 1.32. The molecule has 0 amide bonds. The Morgan fingerprint density at radius 3 is 2.24 bits per heavy atom. The van der Waals surface area contributed by atoms with Gasteiger partial charge in [-0.3, -0.25) is 0 Å². The molecule has 0 aromatic heterocycles. The predicted octanol–water partition coefficient (Wildman–Crippen LogP) is 3.56. The fourth-order valence-corrected chi connectivity index (χ4v) is 5.68. The van der Waals surface area contributed by atoms with Crippen molar-refractivity contribution in [3.8, 4) is 0 Å². The van der Waals surface area contributed by atoms with Gasteiger partial charge < -0.3 is 4.74 Å². The first-order valence-corrected chi connectivity index (χ1v) is 7.98. The Hall–Kier alpha value is -0.470. The summed E-state index contributed by atoms with van der Waals surface area (Å²) in [6, 6.07) is 10.7. The lowest BCUT2D eigenvalue weighted by Gasteiger charge is -2.31. The third-order valence-corrected chi connectivity index (χ3v) is 7.01. The second-order valence-electron chi connectivity index (χ2n) is 5.24. The Morgan fingerprint density at radius 2 is 1.71 bits per heavy atom. The van der Waals surface area contributed by atoms with Gasteiger partial charge in [-0.2, -0.15) is 0 Å². The third-order valence-electron chi connectivity index (χ3n) is 3.74. The average Bonchev–Trinajstić information content (AvgIpc) is 2.85. The molecule has 1 nitrogen and oxygen atoms in total. The Bertz CT molecular complexity index is 341. The minimum atomic E-state index is 0.227. The van der Waals surface area contributed by atoms with Gasteiger partial charge in [0.25, 0.3) is 0 Å². The van der Waals surface area contributed by atoms with E-state index in [1.165, 1.54) is 29.9 Å². The molecule has 0 aliphatic carbocycles. The first-order chi connectivity index (χ1) is 8.16. The van der Waals surface area contributed by atoms with Gasteiger partial charge in [-0.25, -0.2) is 0 Å². The number of ether oxygens (including phenoxy) is 1. The Morgan fingerprint density at radius 1 is 1.12 bits per heavy atom. The summed E-state index contributed by atoms with van der Waals surface area (Å²) in [7, 11) is 2.35. The molecular formula is C15H23OS+. The highest BCUT2D eigenvalue weighted by atomic mass is 32.2. The van der Waals surface area contributed by atoms with Gasteiger partial charge in [0, 0.05) is 7.11 Å². The fourth-order valence-electron chi connectivity index (χ4n) is 2.78. The van der Waals surface area contributed by atoms with Crippen LogP contribution in [0.5, 0.6) is 0 Å². The van der Waals surface area contributed by atoms with Crippen LogP contribution in [0.3, 0.4) is 0 Å². The first kappa shape index (κ1) is 13.0. The van der Waals surface area contributed by atoms with Crippen molar-refractivity contribution in [1.29, 1.82) is 0 Å². The van der Waals surface area contributed by atoms with Crippen LogP contribution in [0.4, 0.5) is 0 Å². The summed E-state index contributed by atoms with van der Waals surface area (Å²) in [6.45, 7) is 4.76. The highest BCUT2D eigenvalue weighted by molar-refractivity contribution is 7.98. The molecular weight excluding hydrogens is 228 g/mol. The zero-order valence-electron chi connectivity index (χ0n) is 11.1. The van der Waals surface area contributed by atoms with Crippen LogP contribution in [-0.2, 0) is 15.6 Å². The van der Waals surface area contributed by atoms with Crippen LogP contribution in [0.15, 0.2) is 30.3 Å². The molecule has 1 heterocycles. The monoisotopic (exact) mass is 251 g/mol. The van der Waals surface area contributed by atoms with Crippen LogP contribution in [0.25, 0.3) is 0 Å². The molecule has 0 radical (unpaired) electrons. The quantitative estimate of drug-likeness (QED) is 0.743. The van der Waals surface area contributed by atoms with Crippen LogP contribution >= 0.6 is 0 Å². The Balaban J connectivity index is 2.22. The normalized spacial score (nSPS) is 19.5. The van der Waals surface area contributed by atoms with E-state index in [1.54, 1.807) is 0 Å². The maximum Gasteiger partial charge on any atom is 0.152 e. The van der Waals surface area contributed by atoms with E-state index in [-0.39, 0.29) is 10.9 Å². The molecule has 2 rings (SSSR count). The van der Waals surface area contributed by atoms with Crippen molar-refractivity contribution >= 4 is 10.9 Å². The highest BCUT2D eigenvalue weighted by Crippen LogP contribution is 2.39.